The summed E-state index contributed by atoms with van der Waals surface area (Å²) in [6.07, 6.45) is -4.67. The molecule has 0 radical (unpaired) electrons. The number of alkyl halides is 3. The van der Waals surface area contributed by atoms with Gasteiger partial charge in [-0.05, 0) is 18.2 Å². The summed E-state index contributed by atoms with van der Waals surface area (Å²) in [4.78, 5) is -0.646. The number of sulfonamides is 1. The van der Waals surface area contributed by atoms with Gasteiger partial charge in [0.1, 0.15) is 4.90 Å². The van der Waals surface area contributed by atoms with Crippen LogP contribution in [0.25, 0.3) is 0 Å². The molecule has 0 heterocycles. The van der Waals surface area contributed by atoms with E-state index in [1.807, 2.05) is 0 Å². The molecular formula is C12H15ClF3NO3S. The highest BCUT2D eigenvalue weighted by Gasteiger charge is 2.33. The molecule has 2 N–H and O–H groups in total. The first kappa shape index (κ1) is 18.2. The van der Waals surface area contributed by atoms with Gasteiger partial charge < -0.3 is 5.11 Å². The lowest BCUT2D eigenvalue weighted by Crippen LogP contribution is -2.36. The average molecular weight is 346 g/mol. The molecule has 1 rings (SSSR count). The first-order chi connectivity index (χ1) is 9.39. The third-order valence-electron chi connectivity index (χ3n) is 2.72. The molecule has 0 fully saturated rings. The van der Waals surface area contributed by atoms with Gasteiger partial charge in [0, 0.05) is 18.6 Å². The van der Waals surface area contributed by atoms with Crippen LogP contribution in [0.2, 0.25) is 5.02 Å². The predicted octanol–water partition coefficient (Wildman–Crippen LogP) is 2.66. The third kappa shape index (κ3) is 4.84. The Morgan fingerprint density at radius 3 is 2.33 bits per heavy atom. The number of rotatable bonds is 5. The van der Waals surface area contributed by atoms with Crippen molar-refractivity contribution in [3.63, 3.8) is 0 Å². The minimum absolute atomic E-state index is 0.140. The van der Waals surface area contributed by atoms with E-state index in [0.717, 1.165) is 6.07 Å². The minimum Gasteiger partial charge on any atom is -0.396 e. The van der Waals surface area contributed by atoms with Crippen molar-refractivity contribution >= 4 is 21.6 Å². The highest BCUT2D eigenvalue weighted by atomic mass is 35.5. The number of benzene rings is 1. The van der Waals surface area contributed by atoms with Crippen LogP contribution in [0.1, 0.15) is 19.4 Å². The zero-order chi connectivity index (χ0) is 16.5. The number of aliphatic hydroxyl groups excluding tert-OH is 1. The SMILES string of the molecule is CC(C)(CO)CNS(=O)(=O)c1cc(C(F)(F)F)ccc1Cl. The Bertz CT molecular complexity index is 615. The zero-order valence-electron chi connectivity index (χ0n) is 11.3. The maximum Gasteiger partial charge on any atom is 0.416 e. The lowest BCUT2D eigenvalue weighted by Gasteiger charge is -2.22. The largest absolute Gasteiger partial charge is 0.416 e. The molecule has 0 aliphatic carbocycles. The van der Waals surface area contributed by atoms with Crippen molar-refractivity contribution < 1.29 is 26.7 Å². The number of aliphatic hydroxyl groups is 1. The second-order valence-electron chi connectivity index (χ2n) is 5.29. The van der Waals surface area contributed by atoms with Crippen molar-refractivity contribution in [3.05, 3.63) is 28.8 Å². The Hall–Kier alpha value is -0.830. The fourth-order valence-corrected chi connectivity index (χ4v) is 3.08. The van der Waals surface area contributed by atoms with E-state index in [-0.39, 0.29) is 18.2 Å². The van der Waals surface area contributed by atoms with Crippen LogP contribution in [-0.2, 0) is 16.2 Å². The molecule has 0 saturated heterocycles. The summed E-state index contributed by atoms with van der Waals surface area (Å²) in [6.45, 7) is 2.77. The molecule has 0 saturated carbocycles. The van der Waals surface area contributed by atoms with Crippen molar-refractivity contribution in [1.29, 1.82) is 0 Å². The lowest BCUT2D eigenvalue weighted by molar-refractivity contribution is -0.137. The van der Waals surface area contributed by atoms with Gasteiger partial charge in [-0.1, -0.05) is 25.4 Å². The van der Waals surface area contributed by atoms with Gasteiger partial charge >= 0.3 is 6.18 Å². The Labute approximate surface area is 126 Å². The average Bonchev–Trinajstić information content (AvgIpc) is 2.35. The number of hydrogen-bond donors (Lipinski definition) is 2. The molecule has 120 valence electrons. The summed E-state index contributed by atoms with van der Waals surface area (Å²) >= 11 is 5.68. The molecule has 0 bridgehead atoms. The maximum absolute atomic E-state index is 12.6. The highest BCUT2D eigenvalue weighted by Crippen LogP contribution is 2.33. The van der Waals surface area contributed by atoms with Crippen molar-refractivity contribution in [2.24, 2.45) is 5.41 Å². The number of nitrogens with one attached hydrogen (secondary N) is 1. The second-order valence-corrected chi connectivity index (χ2v) is 7.43. The van der Waals surface area contributed by atoms with Gasteiger partial charge in [-0.25, -0.2) is 13.1 Å². The number of hydrogen-bond acceptors (Lipinski definition) is 3. The summed E-state index contributed by atoms with van der Waals surface area (Å²) in [5, 5.41) is 8.75. The predicted molar refractivity (Wildman–Crippen MR) is 72.5 cm³/mol. The van der Waals surface area contributed by atoms with Crippen molar-refractivity contribution in [1.82, 2.24) is 4.72 Å². The smallest absolute Gasteiger partial charge is 0.396 e. The van der Waals surface area contributed by atoms with Crippen LogP contribution in [0.15, 0.2) is 23.1 Å². The monoisotopic (exact) mass is 345 g/mol. The van der Waals surface area contributed by atoms with Gasteiger partial charge in [0.2, 0.25) is 10.0 Å². The highest BCUT2D eigenvalue weighted by molar-refractivity contribution is 7.89. The molecule has 4 nitrogen and oxygen atoms in total. The molecule has 1 aromatic carbocycles. The Balaban J connectivity index is 3.14. The van der Waals surface area contributed by atoms with Crippen LogP contribution in [0, 0.1) is 5.41 Å². The van der Waals surface area contributed by atoms with Crippen LogP contribution >= 0.6 is 11.6 Å². The normalized spacial score (nSPS) is 13.5. The van der Waals surface area contributed by atoms with E-state index in [0.29, 0.717) is 12.1 Å². The Morgan fingerprint density at radius 2 is 1.86 bits per heavy atom. The molecule has 1 aromatic rings. The lowest BCUT2D eigenvalue weighted by atomic mass is 9.96. The van der Waals surface area contributed by atoms with E-state index in [4.69, 9.17) is 16.7 Å². The quantitative estimate of drug-likeness (QED) is 0.862. The standard InChI is InChI=1S/C12H15ClF3NO3S/c1-11(2,7-18)6-17-21(19,20)10-5-8(12(14,15)16)3-4-9(10)13/h3-5,17-18H,6-7H2,1-2H3. The van der Waals surface area contributed by atoms with Crippen molar-refractivity contribution in [2.45, 2.75) is 24.9 Å². The van der Waals surface area contributed by atoms with Crippen molar-refractivity contribution in [3.8, 4) is 0 Å². The van der Waals surface area contributed by atoms with E-state index in [9.17, 15) is 21.6 Å². The maximum atomic E-state index is 12.6. The molecular weight excluding hydrogens is 331 g/mol. The van der Waals surface area contributed by atoms with Gasteiger partial charge in [-0.2, -0.15) is 13.2 Å². The van der Waals surface area contributed by atoms with Crippen LogP contribution in [0.3, 0.4) is 0 Å². The van der Waals surface area contributed by atoms with Gasteiger partial charge in [-0.15, -0.1) is 0 Å². The van der Waals surface area contributed by atoms with Crippen LogP contribution in [0.5, 0.6) is 0 Å². The van der Waals surface area contributed by atoms with Crippen molar-refractivity contribution in [2.75, 3.05) is 13.2 Å². The second kappa shape index (κ2) is 6.12. The van der Waals surface area contributed by atoms with Crippen LogP contribution in [-0.4, -0.2) is 26.7 Å². The molecule has 0 amide bonds. The molecule has 0 aliphatic heterocycles. The molecule has 0 aliphatic rings. The fraction of sp³-hybridized carbons (Fsp3) is 0.500. The van der Waals surface area contributed by atoms with Crippen LogP contribution in [0.4, 0.5) is 13.2 Å². The molecule has 0 aromatic heterocycles. The topological polar surface area (TPSA) is 66.4 Å². The van der Waals surface area contributed by atoms with E-state index in [1.54, 1.807) is 13.8 Å². The van der Waals surface area contributed by atoms with E-state index in [1.165, 1.54) is 0 Å². The zero-order valence-corrected chi connectivity index (χ0v) is 12.9. The first-order valence-electron chi connectivity index (χ1n) is 5.86. The summed E-state index contributed by atoms with van der Waals surface area (Å²) in [7, 11) is -4.21. The Morgan fingerprint density at radius 1 is 1.29 bits per heavy atom. The molecule has 0 spiro atoms. The van der Waals surface area contributed by atoms with Gasteiger partial charge in [0.15, 0.2) is 0 Å². The summed E-state index contributed by atoms with van der Waals surface area (Å²) < 4.78 is 64.1. The molecule has 0 unspecified atom stereocenters. The van der Waals surface area contributed by atoms with Gasteiger partial charge in [0.05, 0.1) is 10.6 Å². The molecule has 0 atom stereocenters. The number of halogens is 4. The third-order valence-corrected chi connectivity index (χ3v) is 4.60. The van der Waals surface area contributed by atoms with Crippen LogP contribution < -0.4 is 4.72 Å². The molecule has 21 heavy (non-hydrogen) atoms. The summed E-state index contributed by atoms with van der Waals surface area (Å²) in [5.74, 6) is 0. The minimum atomic E-state index is -4.67. The summed E-state index contributed by atoms with van der Waals surface area (Å²) in [6, 6.07) is 2.08. The molecule has 9 heteroatoms. The van der Waals surface area contributed by atoms with E-state index >= 15 is 0 Å². The van der Waals surface area contributed by atoms with E-state index < -0.39 is 32.1 Å². The van der Waals surface area contributed by atoms with E-state index in [2.05, 4.69) is 4.72 Å². The first-order valence-corrected chi connectivity index (χ1v) is 7.72. The Kier molecular flexibility index (Phi) is 5.31. The van der Waals surface area contributed by atoms with Gasteiger partial charge in [0.25, 0.3) is 0 Å². The summed E-state index contributed by atoms with van der Waals surface area (Å²) in [5.41, 5.74) is -1.85. The van der Waals surface area contributed by atoms with Gasteiger partial charge in [-0.3, -0.25) is 0 Å². The fourth-order valence-electron chi connectivity index (χ4n) is 1.31.